The van der Waals surface area contributed by atoms with Crippen molar-refractivity contribution in [1.29, 1.82) is 0 Å². The fourth-order valence-corrected chi connectivity index (χ4v) is 4.98. The first-order valence-corrected chi connectivity index (χ1v) is 12.0. The van der Waals surface area contributed by atoms with Gasteiger partial charge in [-0.3, -0.25) is 9.69 Å². The molecular formula is C31H30N2O. The van der Waals surface area contributed by atoms with E-state index in [0.717, 1.165) is 43.7 Å². The Hall–Kier alpha value is -3.69. The highest BCUT2D eigenvalue weighted by Gasteiger charge is 2.22. The number of fused-ring (bicyclic) bond motifs is 2. The number of carbonyl (C=O) groups is 1. The van der Waals surface area contributed by atoms with Crippen molar-refractivity contribution in [3.63, 3.8) is 0 Å². The minimum absolute atomic E-state index is 0.0469. The highest BCUT2D eigenvalue weighted by Crippen LogP contribution is 2.38. The number of nitrogens with zero attached hydrogens (tertiary/aromatic N) is 1. The molecule has 0 spiro atoms. The molecule has 0 radical (unpaired) electrons. The molecule has 170 valence electrons. The zero-order valence-corrected chi connectivity index (χ0v) is 19.6. The molecule has 2 aliphatic rings. The summed E-state index contributed by atoms with van der Waals surface area (Å²) in [5, 5.41) is 2.91. The van der Waals surface area contributed by atoms with Crippen molar-refractivity contribution < 1.29 is 4.79 Å². The van der Waals surface area contributed by atoms with E-state index in [2.05, 4.69) is 83.1 Å². The van der Waals surface area contributed by atoms with Crippen molar-refractivity contribution in [3.05, 3.63) is 112 Å². The second-order valence-electron chi connectivity index (χ2n) is 8.96. The van der Waals surface area contributed by atoms with Crippen LogP contribution < -0.4 is 5.32 Å². The van der Waals surface area contributed by atoms with Gasteiger partial charge in [0, 0.05) is 32.2 Å². The van der Waals surface area contributed by atoms with E-state index in [1.807, 2.05) is 24.3 Å². The summed E-state index contributed by atoms with van der Waals surface area (Å²) in [7, 11) is 0. The van der Waals surface area contributed by atoms with Crippen LogP contribution in [0.1, 0.15) is 47.6 Å². The number of amides is 1. The van der Waals surface area contributed by atoms with Gasteiger partial charge in [-0.15, -0.1) is 0 Å². The SMILES string of the molecule is CC(=O)Nc1ccccc1C=CCN1CCC(=C2c3ccccc3C=Cc3ccccc32)CC1. The summed E-state index contributed by atoms with van der Waals surface area (Å²) in [4.78, 5) is 14.0. The Bertz CT molecular complexity index is 1240. The van der Waals surface area contributed by atoms with Gasteiger partial charge in [-0.25, -0.2) is 0 Å². The standard InChI is InChI=1S/C31H30N2O/c1-23(34)32-30-15-7-4-11-26(30)12-8-20-33-21-18-27(19-22-33)31-28-13-5-2-9-24(28)16-17-25-10-3-6-14-29(25)31/h2-17H,18-22H2,1H3,(H,32,34). The maximum absolute atomic E-state index is 11.5. The van der Waals surface area contributed by atoms with E-state index in [0.29, 0.717) is 0 Å². The van der Waals surface area contributed by atoms with Crippen LogP contribution in [0.3, 0.4) is 0 Å². The summed E-state index contributed by atoms with van der Waals surface area (Å²) >= 11 is 0. The molecule has 1 amide bonds. The Morgan fingerprint density at radius 2 is 1.44 bits per heavy atom. The van der Waals surface area contributed by atoms with Crippen LogP contribution in [0.4, 0.5) is 5.69 Å². The van der Waals surface area contributed by atoms with Crippen LogP contribution in [0.5, 0.6) is 0 Å². The van der Waals surface area contributed by atoms with Crippen molar-refractivity contribution in [2.24, 2.45) is 0 Å². The normalized spacial score (nSPS) is 15.7. The summed E-state index contributed by atoms with van der Waals surface area (Å²) in [5.41, 5.74) is 10.2. The quantitative estimate of drug-likeness (QED) is 0.376. The topological polar surface area (TPSA) is 32.3 Å². The molecule has 1 N–H and O–H groups in total. The predicted molar refractivity (Wildman–Crippen MR) is 143 cm³/mol. The van der Waals surface area contributed by atoms with Gasteiger partial charge in [0.15, 0.2) is 0 Å². The highest BCUT2D eigenvalue weighted by atomic mass is 16.1. The molecule has 34 heavy (non-hydrogen) atoms. The lowest BCUT2D eigenvalue weighted by Gasteiger charge is -2.29. The fourth-order valence-electron chi connectivity index (χ4n) is 4.98. The molecule has 0 unspecified atom stereocenters. The van der Waals surface area contributed by atoms with Gasteiger partial charge in [0.25, 0.3) is 0 Å². The van der Waals surface area contributed by atoms with E-state index in [-0.39, 0.29) is 5.91 Å². The summed E-state index contributed by atoms with van der Waals surface area (Å²) in [6.07, 6.45) is 11.0. The number of hydrogen-bond donors (Lipinski definition) is 1. The Morgan fingerprint density at radius 1 is 0.853 bits per heavy atom. The van der Waals surface area contributed by atoms with Crippen molar-refractivity contribution >= 4 is 35.4 Å². The summed E-state index contributed by atoms with van der Waals surface area (Å²) in [5.74, 6) is -0.0469. The van der Waals surface area contributed by atoms with Gasteiger partial charge in [0.2, 0.25) is 5.91 Å². The van der Waals surface area contributed by atoms with Crippen molar-refractivity contribution in [2.45, 2.75) is 19.8 Å². The maximum atomic E-state index is 11.5. The van der Waals surface area contributed by atoms with Crippen molar-refractivity contribution in [2.75, 3.05) is 25.0 Å². The number of hydrogen-bond acceptors (Lipinski definition) is 2. The fraction of sp³-hybridized carbons (Fsp3) is 0.194. The monoisotopic (exact) mass is 446 g/mol. The van der Waals surface area contributed by atoms with Gasteiger partial charge in [0.1, 0.15) is 0 Å². The van der Waals surface area contributed by atoms with E-state index < -0.39 is 0 Å². The molecule has 0 bridgehead atoms. The molecule has 1 fully saturated rings. The Balaban J connectivity index is 1.33. The Labute approximate surface area is 202 Å². The molecule has 3 aromatic rings. The van der Waals surface area contributed by atoms with Gasteiger partial charge in [-0.2, -0.15) is 0 Å². The number of rotatable bonds is 4. The van der Waals surface area contributed by atoms with Gasteiger partial charge in [-0.1, -0.05) is 96.6 Å². The average Bonchev–Trinajstić information content (AvgIpc) is 3.02. The van der Waals surface area contributed by atoms with Crippen LogP contribution in [0.2, 0.25) is 0 Å². The maximum Gasteiger partial charge on any atom is 0.221 e. The zero-order valence-electron chi connectivity index (χ0n) is 19.6. The number of likely N-dealkylation sites (tertiary alicyclic amines) is 1. The molecule has 1 heterocycles. The molecule has 3 heteroatoms. The van der Waals surface area contributed by atoms with E-state index >= 15 is 0 Å². The lowest BCUT2D eigenvalue weighted by molar-refractivity contribution is -0.114. The van der Waals surface area contributed by atoms with Crippen LogP contribution in [-0.4, -0.2) is 30.4 Å². The summed E-state index contributed by atoms with van der Waals surface area (Å²) in [6, 6.07) is 25.5. The van der Waals surface area contributed by atoms with Gasteiger partial charge < -0.3 is 5.32 Å². The van der Waals surface area contributed by atoms with Crippen LogP contribution in [0.15, 0.2) is 84.4 Å². The van der Waals surface area contributed by atoms with E-state index in [4.69, 9.17) is 0 Å². The largest absolute Gasteiger partial charge is 0.326 e. The van der Waals surface area contributed by atoms with Gasteiger partial charge >= 0.3 is 0 Å². The Kier molecular flexibility index (Phi) is 6.55. The van der Waals surface area contributed by atoms with Crippen LogP contribution in [-0.2, 0) is 4.79 Å². The minimum Gasteiger partial charge on any atom is -0.326 e. The van der Waals surface area contributed by atoms with Gasteiger partial charge in [-0.05, 0) is 52.3 Å². The first-order valence-electron chi connectivity index (χ1n) is 12.0. The molecule has 5 rings (SSSR count). The average molecular weight is 447 g/mol. The van der Waals surface area contributed by atoms with E-state index in [1.54, 1.807) is 12.5 Å². The number of piperidine rings is 1. The van der Waals surface area contributed by atoms with Crippen LogP contribution in [0.25, 0.3) is 23.8 Å². The third kappa shape index (κ3) is 4.80. The highest BCUT2D eigenvalue weighted by molar-refractivity contribution is 5.95. The van der Waals surface area contributed by atoms with Crippen molar-refractivity contribution in [3.8, 4) is 0 Å². The minimum atomic E-state index is -0.0469. The smallest absolute Gasteiger partial charge is 0.221 e. The third-order valence-electron chi connectivity index (χ3n) is 6.65. The number of carbonyl (C=O) groups excluding carboxylic acids is 1. The van der Waals surface area contributed by atoms with Crippen LogP contribution >= 0.6 is 0 Å². The molecule has 3 aromatic carbocycles. The van der Waals surface area contributed by atoms with Crippen LogP contribution in [0, 0.1) is 0 Å². The summed E-state index contributed by atoms with van der Waals surface area (Å²) < 4.78 is 0. The number of benzene rings is 3. The lowest BCUT2D eigenvalue weighted by Crippen LogP contribution is -2.31. The zero-order chi connectivity index (χ0) is 23.3. The molecule has 1 aliphatic carbocycles. The Morgan fingerprint density at radius 3 is 2.09 bits per heavy atom. The third-order valence-corrected chi connectivity index (χ3v) is 6.65. The first-order chi connectivity index (χ1) is 16.7. The number of nitrogens with one attached hydrogen (secondary N) is 1. The molecule has 1 aliphatic heterocycles. The lowest BCUT2D eigenvalue weighted by atomic mass is 9.86. The molecule has 3 nitrogen and oxygen atoms in total. The second kappa shape index (κ2) is 10.1. The predicted octanol–water partition coefficient (Wildman–Crippen LogP) is 6.74. The molecule has 0 atom stereocenters. The summed E-state index contributed by atoms with van der Waals surface area (Å²) in [6.45, 7) is 4.55. The van der Waals surface area contributed by atoms with Crippen molar-refractivity contribution in [1.82, 2.24) is 4.90 Å². The molecule has 0 saturated carbocycles. The molecule has 1 saturated heterocycles. The number of para-hydroxylation sites is 1. The molecular weight excluding hydrogens is 416 g/mol. The van der Waals surface area contributed by atoms with Gasteiger partial charge in [0.05, 0.1) is 0 Å². The molecule has 0 aromatic heterocycles. The van der Waals surface area contributed by atoms with E-state index in [9.17, 15) is 4.79 Å². The first kappa shape index (κ1) is 22.1. The number of anilines is 1. The second-order valence-corrected chi connectivity index (χ2v) is 8.96. The van der Waals surface area contributed by atoms with E-state index in [1.165, 1.54) is 27.8 Å².